The molecule has 0 heterocycles. The van der Waals surface area contributed by atoms with Gasteiger partial charge in [-0.15, -0.1) is 0 Å². The maximum atomic E-state index is 10.1. The van der Waals surface area contributed by atoms with Gasteiger partial charge in [-0.25, -0.2) is 4.79 Å². The van der Waals surface area contributed by atoms with Gasteiger partial charge in [0.1, 0.15) is 6.61 Å². The number of aliphatic carboxylic acids is 1. The first kappa shape index (κ1) is 13.2. The number of aliphatic hydroxyl groups is 1. The molecule has 0 aliphatic carbocycles. The minimum Gasteiger partial charge on any atom is -0.480 e. The van der Waals surface area contributed by atoms with Gasteiger partial charge in [0.15, 0.2) is 0 Å². The summed E-state index contributed by atoms with van der Waals surface area (Å²) in [7, 11) is 0. The van der Waals surface area contributed by atoms with Crippen molar-refractivity contribution in [3.8, 4) is 0 Å². The second-order valence-electron chi connectivity index (χ2n) is 1.89. The van der Waals surface area contributed by atoms with Crippen molar-refractivity contribution in [1.82, 2.24) is 0 Å². The average molecular weight is 175 g/mol. The van der Waals surface area contributed by atoms with Crippen LogP contribution in [0.4, 0.5) is 0 Å². The van der Waals surface area contributed by atoms with E-state index in [0.717, 1.165) is 0 Å². The molecule has 0 radical (unpaired) electrons. The van der Waals surface area contributed by atoms with Crippen molar-refractivity contribution in [3.63, 3.8) is 0 Å². The normalized spacial score (nSPS) is 9.75. The van der Waals surface area contributed by atoms with E-state index in [1.165, 1.54) is 0 Å². The summed E-state index contributed by atoms with van der Waals surface area (Å²) in [4.78, 5) is 19.2. The first-order valence-corrected chi connectivity index (χ1v) is 3.21. The van der Waals surface area contributed by atoms with Gasteiger partial charge in [-0.1, -0.05) is 6.08 Å². The Hall–Kier alpha value is -1.36. The number of carboxylic acid groups (broad SMARTS) is 1. The largest absolute Gasteiger partial charge is 0.480 e. The molecule has 5 nitrogen and oxygen atoms in total. The molecule has 0 saturated carbocycles. The van der Waals surface area contributed by atoms with E-state index < -0.39 is 12.6 Å². The quantitative estimate of drug-likeness (QED) is 0.492. The molecular formula is C7H13NO4. The van der Waals surface area contributed by atoms with Crippen molar-refractivity contribution in [2.75, 3.05) is 6.61 Å². The molecule has 0 fully saturated rings. The number of primary amides is 1. The van der Waals surface area contributed by atoms with E-state index in [0.29, 0.717) is 5.57 Å². The molecule has 4 N–H and O–H groups in total. The number of aliphatic hydroxyl groups excluding tert-OH is 1. The van der Waals surface area contributed by atoms with Crippen molar-refractivity contribution in [2.45, 2.75) is 13.8 Å². The van der Waals surface area contributed by atoms with Crippen molar-refractivity contribution in [3.05, 3.63) is 11.6 Å². The first-order chi connectivity index (χ1) is 5.45. The third kappa shape index (κ3) is 11.4. The first-order valence-electron chi connectivity index (χ1n) is 3.21. The lowest BCUT2D eigenvalue weighted by molar-refractivity contribution is -0.140. The van der Waals surface area contributed by atoms with Crippen LogP contribution in [0.15, 0.2) is 11.6 Å². The summed E-state index contributed by atoms with van der Waals surface area (Å²) < 4.78 is 0. The zero-order chi connectivity index (χ0) is 10.1. The molecule has 0 aromatic heterocycles. The minimum absolute atomic E-state index is 0.345. The fourth-order valence-electron chi connectivity index (χ4n) is 0.142. The van der Waals surface area contributed by atoms with Crippen LogP contribution in [-0.2, 0) is 9.59 Å². The molecule has 0 unspecified atom stereocenters. The number of rotatable bonds is 2. The number of hydrogen-bond donors (Lipinski definition) is 3. The molecule has 0 aromatic carbocycles. The van der Waals surface area contributed by atoms with E-state index in [9.17, 15) is 4.79 Å². The Morgan fingerprint density at radius 3 is 1.83 bits per heavy atom. The maximum Gasteiger partial charge on any atom is 0.329 e. The van der Waals surface area contributed by atoms with E-state index in [1.54, 1.807) is 19.9 Å². The van der Waals surface area contributed by atoms with Gasteiger partial charge in [0, 0.05) is 5.57 Å². The monoisotopic (exact) mass is 175 g/mol. The molecule has 0 aliphatic heterocycles. The molecule has 0 saturated heterocycles. The Labute approximate surface area is 70.5 Å². The Morgan fingerprint density at radius 1 is 1.50 bits per heavy atom. The number of amides is 1. The number of carboxylic acids is 1. The van der Waals surface area contributed by atoms with Gasteiger partial charge in [0.25, 0.3) is 0 Å². The Kier molecular flexibility index (Phi) is 8.55. The van der Waals surface area contributed by atoms with Gasteiger partial charge < -0.3 is 15.9 Å². The topological polar surface area (TPSA) is 101 Å². The van der Waals surface area contributed by atoms with Gasteiger partial charge in [-0.3, -0.25) is 4.79 Å². The summed E-state index contributed by atoms with van der Waals surface area (Å²) >= 11 is 0. The van der Waals surface area contributed by atoms with Crippen molar-refractivity contribution >= 4 is 11.9 Å². The lowest BCUT2D eigenvalue weighted by Crippen LogP contribution is -2.10. The third-order valence-corrected chi connectivity index (χ3v) is 0.957. The lowest BCUT2D eigenvalue weighted by atomic mass is 10.3. The van der Waals surface area contributed by atoms with Crippen molar-refractivity contribution in [2.24, 2.45) is 5.73 Å². The van der Waals surface area contributed by atoms with Crippen molar-refractivity contribution in [1.29, 1.82) is 0 Å². The summed E-state index contributed by atoms with van der Waals surface area (Å²) in [6, 6.07) is 0. The Balaban J connectivity index is 0. The molecule has 0 aromatic rings. The second kappa shape index (κ2) is 7.74. The Morgan fingerprint density at radius 2 is 1.83 bits per heavy atom. The standard InChI is InChI=1S/C5H9NO.C2H4O3/c1-3-4(2)5(6)7;3-1-2(4)5/h3H,1-2H3,(H2,6,7);3H,1H2,(H,4,5). The van der Waals surface area contributed by atoms with Gasteiger partial charge in [-0.05, 0) is 13.8 Å². The van der Waals surface area contributed by atoms with Gasteiger partial charge in [-0.2, -0.15) is 0 Å². The number of allylic oxidation sites excluding steroid dienone is 1. The Bertz CT molecular complexity index is 186. The molecular weight excluding hydrogens is 162 g/mol. The predicted molar refractivity (Wildman–Crippen MR) is 43.3 cm³/mol. The highest BCUT2D eigenvalue weighted by Gasteiger charge is 1.90. The van der Waals surface area contributed by atoms with E-state index in [4.69, 9.17) is 20.7 Å². The zero-order valence-electron chi connectivity index (χ0n) is 7.07. The third-order valence-electron chi connectivity index (χ3n) is 0.957. The van der Waals surface area contributed by atoms with E-state index in [2.05, 4.69) is 0 Å². The molecule has 5 heteroatoms. The average Bonchev–Trinajstić information content (AvgIpc) is 2.04. The SMILES string of the molecule is CC=C(C)C(N)=O.O=C(O)CO. The highest BCUT2D eigenvalue weighted by molar-refractivity contribution is 5.91. The molecule has 0 aliphatic rings. The van der Waals surface area contributed by atoms with Crippen LogP contribution in [0.1, 0.15) is 13.8 Å². The van der Waals surface area contributed by atoms with Crippen LogP contribution in [0.3, 0.4) is 0 Å². The number of carbonyl (C=O) groups excluding carboxylic acids is 1. The van der Waals surface area contributed by atoms with E-state index in [1.807, 2.05) is 0 Å². The van der Waals surface area contributed by atoms with E-state index in [-0.39, 0.29) is 5.91 Å². The zero-order valence-corrected chi connectivity index (χ0v) is 7.07. The highest BCUT2D eigenvalue weighted by atomic mass is 16.4. The number of nitrogens with two attached hydrogens (primary N) is 1. The van der Waals surface area contributed by atoms with Crippen LogP contribution >= 0.6 is 0 Å². The molecule has 70 valence electrons. The fraction of sp³-hybridized carbons (Fsp3) is 0.429. The van der Waals surface area contributed by atoms with Gasteiger partial charge in [0.05, 0.1) is 0 Å². The molecule has 0 spiro atoms. The molecule has 0 atom stereocenters. The summed E-state index contributed by atoms with van der Waals surface area (Å²) in [6.07, 6.45) is 1.68. The summed E-state index contributed by atoms with van der Waals surface area (Å²) in [5.74, 6) is -1.53. The summed E-state index contributed by atoms with van der Waals surface area (Å²) in [5, 5.41) is 15.0. The number of carbonyl (C=O) groups is 2. The fourth-order valence-corrected chi connectivity index (χ4v) is 0.142. The minimum atomic E-state index is -1.19. The molecule has 1 amide bonds. The molecule has 12 heavy (non-hydrogen) atoms. The number of hydrogen-bond acceptors (Lipinski definition) is 3. The maximum absolute atomic E-state index is 10.1. The van der Waals surface area contributed by atoms with Crippen LogP contribution in [0, 0.1) is 0 Å². The van der Waals surface area contributed by atoms with Gasteiger partial charge in [0.2, 0.25) is 5.91 Å². The van der Waals surface area contributed by atoms with Crippen LogP contribution in [-0.4, -0.2) is 28.7 Å². The van der Waals surface area contributed by atoms with Gasteiger partial charge >= 0.3 is 5.97 Å². The van der Waals surface area contributed by atoms with Crippen molar-refractivity contribution < 1.29 is 19.8 Å². The summed E-state index contributed by atoms with van der Waals surface area (Å²) in [6.45, 7) is 2.68. The highest BCUT2D eigenvalue weighted by Crippen LogP contribution is 1.85. The second-order valence-corrected chi connectivity index (χ2v) is 1.89. The predicted octanol–water partition coefficient (Wildman–Crippen LogP) is -0.499. The lowest BCUT2D eigenvalue weighted by Gasteiger charge is -1.85. The van der Waals surface area contributed by atoms with Crippen LogP contribution in [0.2, 0.25) is 0 Å². The molecule has 0 bridgehead atoms. The van der Waals surface area contributed by atoms with Crippen LogP contribution in [0.5, 0.6) is 0 Å². The summed E-state index contributed by atoms with van der Waals surface area (Å²) in [5.41, 5.74) is 5.45. The smallest absolute Gasteiger partial charge is 0.329 e. The molecule has 0 rings (SSSR count). The van der Waals surface area contributed by atoms with Crippen LogP contribution in [0.25, 0.3) is 0 Å². The van der Waals surface area contributed by atoms with Crippen LogP contribution < -0.4 is 5.73 Å². The van der Waals surface area contributed by atoms with E-state index >= 15 is 0 Å².